The van der Waals surface area contributed by atoms with E-state index in [4.69, 9.17) is 0 Å². The summed E-state index contributed by atoms with van der Waals surface area (Å²) in [5.74, 6) is 3.62. The normalized spacial score (nSPS) is 10.9. The van der Waals surface area contributed by atoms with Gasteiger partial charge in [-0.25, -0.2) is 0 Å². The summed E-state index contributed by atoms with van der Waals surface area (Å²) in [7, 11) is 0. The van der Waals surface area contributed by atoms with Crippen molar-refractivity contribution in [1.29, 1.82) is 0 Å². The summed E-state index contributed by atoms with van der Waals surface area (Å²) in [6.07, 6.45) is 5.56. The zero-order valence-electron chi connectivity index (χ0n) is 8.23. The minimum Gasteiger partial charge on any atom is -0.162 e. The van der Waals surface area contributed by atoms with Gasteiger partial charge in [-0.2, -0.15) is 11.8 Å². The highest BCUT2D eigenvalue weighted by Crippen LogP contribution is 2.10. The van der Waals surface area contributed by atoms with Gasteiger partial charge in [0.25, 0.3) is 0 Å². The van der Waals surface area contributed by atoms with Crippen LogP contribution in [0.4, 0.5) is 0 Å². The van der Waals surface area contributed by atoms with Gasteiger partial charge in [0, 0.05) is 0 Å². The molecule has 0 amide bonds. The second kappa shape index (κ2) is 8.45. The van der Waals surface area contributed by atoms with Crippen molar-refractivity contribution < 1.29 is 0 Å². The molecular formula is C10H22S. The molecule has 0 heterocycles. The Morgan fingerprint density at radius 3 is 2.36 bits per heavy atom. The molecule has 0 nitrogen and oxygen atoms in total. The molecule has 0 atom stereocenters. The van der Waals surface area contributed by atoms with Crippen molar-refractivity contribution in [2.75, 3.05) is 11.5 Å². The van der Waals surface area contributed by atoms with E-state index >= 15 is 0 Å². The summed E-state index contributed by atoms with van der Waals surface area (Å²) in [5, 5.41) is 0. The van der Waals surface area contributed by atoms with E-state index in [2.05, 4.69) is 32.5 Å². The quantitative estimate of drug-likeness (QED) is 0.527. The summed E-state index contributed by atoms with van der Waals surface area (Å²) >= 11 is 2.12. The number of rotatable bonds is 7. The van der Waals surface area contributed by atoms with Crippen molar-refractivity contribution in [2.24, 2.45) is 5.92 Å². The fraction of sp³-hybridized carbons (Fsp3) is 1.00. The van der Waals surface area contributed by atoms with Crippen LogP contribution in [0.5, 0.6) is 0 Å². The topological polar surface area (TPSA) is 0 Å². The lowest BCUT2D eigenvalue weighted by atomic mass is 10.2. The molecule has 0 fully saturated rings. The largest absolute Gasteiger partial charge is 0.162 e. The standard InChI is InChI=1S/C10H22S/c1-4-5-6-8-11-9-7-10(2)3/h10H,4-9H2,1-3H3. The molecule has 0 saturated heterocycles. The Morgan fingerprint density at radius 2 is 1.82 bits per heavy atom. The third-order valence-corrected chi connectivity index (χ3v) is 2.83. The number of thioether (sulfide) groups is 1. The number of hydrogen-bond donors (Lipinski definition) is 0. The second-order valence-corrected chi connectivity index (χ2v) is 4.73. The summed E-state index contributed by atoms with van der Waals surface area (Å²) in [5.41, 5.74) is 0. The van der Waals surface area contributed by atoms with Gasteiger partial charge in [0.1, 0.15) is 0 Å². The van der Waals surface area contributed by atoms with Crippen LogP contribution in [0.1, 0.15) is 46.5 Å². The third-order valence-electron chi connectivity index (χ3n) is 1.73. The van der Waals surface area contributed by atoms with Crippen LogP contribution in [-0.4, -0.2) is 11.5 Å². The molecule has 0 aromatic carbocycles. The maximum absolute atomic E-state index is 2.30. The Bertz CT molecular complexity index is 69.3. The van der Waals surface area contributed by atoms with Crippen LogP contribution in [0.15, 0.2) is 0 Å². The van der Waals surface area contributed by atoms with Gasteiger partial charge in [-0.3, -0.25) is 0 Å². The van der Waals surface area contributed by atoms with Crippen LogP contribution in [0.3, 0.4) is 0 Å². The third kappa shape index (κ3) is 10.4. The summed E-state index contributed by atoms with van der Waals surface area (Å²) in [4.78, 5) is 0. The minimum atomic E-state index is 0.883. The van der Waals surface area contributed by atoms with Crippen molar-refractivity contribution in [3.63, 3.8) is 0 Å². The molecule has 0 spiro atoms. The van der Waals surface area contributed by atoms with Crippen molar-refractivity contribution in [2.45, 2.75) is 46.5 Å². The van der Waals surface area contributed by atoms with Crippen molar-refractivity contribution in [3.05, 3.63) is 0 Å². The zero-order valence-corrected chi connectivity index (χ0v) is 9.04. The molecule has 0 rings (SSSR count). The van der Waals surface area contributed by atoms with E-state index < -0.39 is 0 Å². The highest BCUT2D eigenvalue weighted by molar-refractivity contribution is 7.99. The van der Waals surface area contributed by atoms with Gasteiger partial charge in [-0.05, 0) is 30.3 Å². The van der Waals surface area contributed by atoms with Gasteiger partial charge in [-0.1, -0.05) is 33.6 Å². The lowest BCUT2D eigenvalue weighted by molar-refractivity contribution is 0.631. The van der Waals surface area contributed by atoms with Crippen LogP contribution in [0.2, 0.25) is 0 Å². The van der Waals surface area contributed by atoms with Gasteiger partial charge >= 0.3 is 0 Å². The monoisotopic (exact) mass is 174 g/mol. The zero-order chi connectivity index (χ0) is 8.53. The Labute approximate surface area is 76.1 Å². The molecule has 0 radical (unpaired) electrons. The average Bonchev–Trinajstić information content (AvgIpc) is 1.96. The van der Waals surface area contributed by atoms with E-state index in [1.54, 1.807) is 0 Å². The van der Waals surface area contributed by atoms with Gasteiger partial charge in [0.05, 0.1) is 0 Å². The van der Waals surface area contributed by atoms with E-state index in [0.29, 0.717) is 0 Å². The fourth-order valence-corrected chi connectivity index (χ4v) is 2.13. The maximum atomic E-state index is 2.30. The predicted octanol–water partition coefficient (Wildman–Crippen LogP) is 3.96. The lowest BCUT2D eigenvalue weighted by Gasteiger charge is -2.03. The molecule has 0 aliphatic carbocycles. The Balaban J connectivity index is 2.80. The van der Waals surface area contributed by atoms with Crippen LogP contribution in [0.25, 0.3) is 0 Å². The van der Waals surface area contributed by atoms with Gasteiger partial charge in [0.15, 0.2) is 0 Å². The first-order valence-electron chi connectivity index (χ1n) is 4.85. The number of hydrogen-bond acceptors (Lipinski definition) is 1. The molecule has 11 heavy (non-hydrogen) atoms. The molecule has 0 aliphatic rings. The second-order valence-electron chi connectivity index (χ2n) is 3.50. The van der Waals surface area contributed by atoms with Crippen molar-refractivity contribution in [1.82, 2.24) is 0 Å². The van der Waals surface area contributed by atoms with E-state index in [9.17, 15) is 0 Å². The summed E-state index contributed by atoms with van der Waals surface area (Å²) in [6.45, 7) is 6.86. The molecule has 68 valence electrons. The van der Waals surface area contributed by atoms with E-state index in [1.807, 2.05) is 0 Å². The summed E-state index contributed by atoms with van der Waals surface area (Å²) < 4.78 is 0. The molecule has 1 heteroatoms. The molecule has 0 aliphatic heterocycles. The van der Waals surface area contributed by atoms with Gasteiger partial charge in [0.2, 0.25) is 0 Å². The van der Waals surface area contributed by atoms with Crippen molar-refractivity contribution in [3.8, 4) is 0 Å². The van der Waals surface area contributed by atoms with E-state index in [-0.39, 0.29) is 0 Å². The van der Waals surface area contributed by atoms with Crippen LogP contribution < -0.4 is 0 Å². The molecule has 0 bridgehead atoms. The first-order chi connectivity index (χ1) is 5.27. The average molecular weight is 174 g/mol. The Kier molecular flexibility index (Phi) is 8.72. The van der Waals surface area contributed by atoms with Crippen LogP contribution in [0, 0.1) is 5.92 Å². The molecular weight excluding hydrogens is 152 g/mol. The lowest BCUT2D eigenvalue weighted by Crippen LogP contribution is -1.90. The molecule has 0 saturated carbocycles. The highest BCUT2D eigenvalue weighted by Gasteiger charge is 1.93. The Morgan fingerprint density at radius 1 is 1.09 bits per heavy atom. The Hall–Kier alpha value is 0.350. The number of unbranched alkanes of at least 4 members (excludes halogenated alkanes) is 2. The van der Waals surface area contributed by atoms with Crippen LogP contribution in [-0.2, 0) is 0 Å². The van der Waals surface area contributed by atoms with Crippen molar-refractivity contribution >= 4 is 11.8 Å². The predicted molar refractivity (Wildman–Crippen MR) is 56.3 cm³/mol. The maximum Gasteiger partial charge on any atom is -0.00651 e. The minimum absolute atomic E-state index is 0.883. The first-order valence-corrected chi connectivity index (χ1v) is 6.00. The first kappa shape index (κ1) is 11.4. The fourth-order valence-electron chi connectivity index (χ4n) is 0.875. The molecule has 0 unspecified atom stereocenters. The highest BCUT2D eigenvalue weighted by atomic mass is 32.2. The SMILES string of the molecule is CCCCCSCCC(C)C. The smallest absolute Gasteiger partial charge is 0.00651 e. The van der Waals surface area contributed by atoms with Gasteiger partial charge < -0.3 is 0 Å². The van der Waals surface area contributed by atoms with E-state index in [1.165, 1.54) is 37.2 Å². The van der Waals surface area contributed by atoms with Crippen LogP contribution >= 0.6 is 11.8 Å². The van der Waals surface area contributed by atoms with E-state index in [0.717, 1.165) is 5.92 Å². The molecule has 0 N–H and O–H groups in total. The summed E-state index contributed by atoms with van der Waals surface area (Å²) in [6, 6.07) is 0. The molecule has 0 aromatic rings. The molecule has 0 aromatic heterocycles. The van der Waals surface area contributed by atoms with Gasteiger partial charge in [-0.15, -0.1) is 0 Å².